The van der Waals surface area contributed by atoms with Gasteiger partial charge in [-0.25, -0.2) is 0 Å². The number of hydrogen-bond acceptors (Lipinski definition) is 2. The summed E-state index contributed by atoms with van der Waals surface area (Å²) in [5.74, 6) is 1.73. The molecule has 51 valence electrons. The van der Waals surface area contributed by atoms with Crippen LogP contribution in [0.25, 0.3) is 0 Å². The van der Waals surface area contributed by atoms with Crippen molar-refractivity contribution in [3.8, 4) is 0 Å². The lowest BCUT2D eigenvalue weighted by Gasteiger charge is -2.09. The fourth-order valence-electron chi connectivity index (χ4n) is 1.88. The van der Waals surface area contributed by atoms with Gasteiger partial charge in [-0.15, -0.1) is 0 Å². The van der Waals surface area contributed by atoms with Crippen LogP contribution in [0, 0.1) is 17.9 Å². The van der Waals surface area contributed by atoms with Gasteiger partial charge in [0.05, 0.1) is 0 Å². The van der Waals surface area contributed by atoms with Gasteiger partial charge in [0.1, 0.15) is 0 Å². The Hall–Kier alpha value is -0.0800. The molecule has 0 amide bonds. The Labute approximate surface area is 56.0 Å². The van der Waals surface area contributed by atoms with E-state index in [2.05, 4.69) is 17.6 Å². The van der Waals surface area contributed by atoms with Crippen LogP contribution in [0.5, 0.6) is 0 Å². The predicted molar refractivity (Wildman–Crippen MR) is 36.8 cm³/mol. The summed E-state index contributed by atoms with van der Waals surface area (Å²) in [6.07, 6.45) is 0. The normalized spacial score (nSPS) is 43.7. The second kappa shape index (κ2) is 1.96. The van der Waals surface area contributed by atoms with Crippen LogP contribution in [0.2, 0.25) is 0 Å². The van der Waals surface area contributed by atoms with E-state index in [4.69, 9.17) is 0 Å². The Kier molecular flexibility index (Phi) is 1.24. The molecule has 0 aromatic carbocycles. The van der Waals surface area contributed by atoms with Gasteiger partial charge in [-0.05, 0) is 25.3 Å². The molecule has 0 aliphatic carbocycles. The molecule has 9 heavy (non-hydrogen) atoms. The van der Waals surface area contributed by atoms with Crippen LogP contribution in [0.1, 0.15) is 6.92 Å². The maximum Gasteiger partial charge on any atom is 0.0380 e. The van der Waals surface area contributed by atoms with Crippen molar-refractivity contribution in [3.05, 3.63) is 6.04 Å². The zero-order valence-electron chi connectivity index (χ0n) is 5.78. The van der Waals surface area contributed by atoms with Crippen molar-refractivity contribution in [1.82, 2.24) is 10.6 Å². The van der Waals surface area contributed by atoms with Gasteiger partial charge in [0.25, 0.3) is 0 Å². The summed E-state index contributed by atoms with van der Waals surface area (Å²) in [4.78, 5) is 0. The topological polar surface area (TPSA) is 24.1 Å². The molecule has 2 aliphatic rings. The molecule has 2 aliphatic heterocycles. The van der Waals surface area contributed by atoms with Crippen LogP contribution in [0.15, 0.2) is 0 Å². The van der Waals surface area contributed by atoms with Crippen molar-refractivity contribution in [2.24, 2.45) is 11.8 Å². The van der Waals surface area contributed by atoms with Crippen LogP contribution in [-0.2, 0) is 0 Å². The molecule has 0 saturated carbocycles. The lowest BCUT2D eigenvalue weighted by molar-refractivity contribution is 0.532. The van der Waals surface area contributed by atoms with Crippen LogP contribution in [-0.4, -0.2) is 19.6 Å². The van der Waals surface area contributed by atoms with E-state index in [0.717, 1.165) is 11.8 Å². The summed E-state index contributed by atoms with van der Waals surface area (Å²) >= 11 is 0. The van der Waals surface area contributed by atoms with Crippen molar-refractivity contribution in [2.45, 2.75) is 6.92 Å². The Morgan fingerprint density at radius 1 is 1.33 bits per heavy atom. The average Bonchev–Trinajstić information content (AvgIpc) is 2.35. The summed E-state index contributed by atoms with van der Waals surface area (Å²) in [6.45, 7) is 5.82. The molecule has 2 heterocycles. The molecule has 2 heteroatoms. The second-order valence-electron chi connectivity index (χ2n) is 3.09. The Morgan fingerprint density at radius 3 is 3.00 bits per heavy atom. The predicted octanol–water partition coefficient (Wildman–Crippen LogP) is -0.0229. The molecule has 0 aromatic heterocycles. The van der Waals surface area contributed by atoms with Crippen LogP contribution < -0.4 is 10.6 Å². The molecule has 1 radical (unpaired) electrons. The molecular weight excluding hydrogens is 112 g/mol. The first-order chi connectivity index (χ1) is 4.38. The minimum Gasteiger partial charge on any atom is -0.316 e. The Morgan fingerprint density at radius 2 is 2.22 bits per heavy atom. The van der Waals surface area contributed by atoms with Gasteiger partial charge in [0, 0.05) is 19.1 Å². The zero-order valence-corrected chi connectivity index (χ0v) is 5.78. The molecule has 2 rings (SSSR count). The largest absolute Gasteiger partial charge is 0.316 e. The van der Waals surface area contributed by atoms with Gasteiger partial charge >= 0.3 is 0 Å². The molecule has 0 spiro atoms. The van der Waals surface area contributed by atoms with E-state index in [1.165, 1.54) is 25.7 Å². The summed E-state index contributed by atoms with van der Waals surface area (Å²) in [5.41, 5.74) is 0. The first-order valence-corrected chi connectivity index (χ1v) is 3.66. The smallest absolute Gasteiger partial charge is 0.0380 e. The van der Waals surface area contributed by atoms with Crippen molar-refractivity contribution < 1.29 is 0 Å². The highest BCUT2D eigenvalue weighted by atomic mass is 15.0. The van der Waals surface area contributed by atoms with Crippen LogP contribution in [0.3, 0.4) is 0 Å². The van der Waals surface area contributed by atoms with E-state index < -0.39 is 0 Å². The number of hydrogen-bond donors (Lipinski definition) is 2. The maximum atomic E-state index is 3.40. The number of fused-ring (bicyclic) bond motifs is 1. The molecule has 2 unspecified atom stereocenters. The van der Waals surface area contributed by atoms with Crippen molar-refractivity contribution >= 4 is 0 Å². The van der Waals surface area contributed by atoms with Gasteiger partial charge in [-0.2, -0.15) is 0 Å². The van der Waals surface area contributed by atoms with Crippen molar-refractivity contribution in [2.75, 3.05) is 19.6 Å². The molecule has 2 saturated heterocycles. The molecule has 0 bridgehead atoms. The number of rotatable bonds is 0. The van der Waals surface area contributed by atoms with E-state index in [0.29, 0.717) is 0 Å². The third-order valence-corrected chi connectivity index (χ3v) is 2.54. The Bertz CT molecular complexity index is 113. The van der Waals surface area contributed by atoms with Crippen LogP contribution in [0.4, 0.5) is 0 Å². The highest BCUT2D eigenvalue weighted by molar-refractivity contribution is 5.05. The summed E-state index contributed by atoms with van der Waals surface area (Å²) in [7, 11) is 0. The third-order valence-electron chi connectivity index (χ3n) is 2.54. The van der Waals surface area contributed by atoms with E-state index in [1.807, 2.05) is 0 Å². The molecule has 2 nitrogen and oxygen atoms in total. The second-order valence-corrected chi connectivity index (χ2v) is 3.09. The SMILES string of the molecule is C[C]1NCC2CNCC12. The van der Waals surface area contributed by atoms with Gasteiger partial charge in [-0.1, -0.05) is 0 Å². The highest BCUT2D eigenvalue weighted by Crippen LogP contribution is 2.29. The summed E-state index contributed by atoms with van der Waals surface area (Å²) in [6, 6.07) is 1.49. The van der Waals surface area contributed by atoms with E-state index >= 15 is 0 Å². The fourth-order valence-corrected chi connectivity index (χ4v) is 1.88. The minimum absolute atomic E-state index is 0.838. The first kappa shape index (κ1) is 5.69. The van der Waals surface area contributed by atoms with E-state index in [-0.39, 0.29) is 0 Å². The molecule has 2 atom stereocenters. The highest BCUT2D eigenvalue weighted by Gasteiger charge is 2.36. The average molecular weight is 125 g/mol. The van der Waals surface area contributed by atoms with Crippen molar-refractivity contribution in [3.63, 3.8) is 0 Å². The van der Waals surface area contributed by atoms with Crippen LogP contribution >= 0.6 is 0 Å². The lowest BCUT2D eigenvalue weighted by atomic mass is 9.95. The molecular formula is C7H13N2. The summed E-state index contributed by atoms with van der Waals surface area (Å²) < 4.78 is 0. The zero-order chi connectivity index (χ0) is 6.27. The third kappa shape index (κ3) is 0.775. The maximum absolute atomic E-state index is 3.40. The number of nitrogens with one attached hydrogen (secondary N) is 2. The molecule has 2 N–H and O–H groups in total. The van der Waals surface area contributed by atoms with E-state index in [9.17, 15) is 0 Å². The van der Waals surface area contributed by atoms with Crippen molar-refractivity contribution in [1.29, 1.82) is 0 Å². The van der Waals surface area contributed by atoms with Gasteiger partial charge in [0.2, 0.25) is 0 Å². The van der Waals surface area contributed by atoms with Gasteiger partial charge in [0.15, 0.2) is 0 Å². The van der Waals surface area contributed by atoms with Gasteiger partial charge < -0.3 is 10.6 Å². The van der Waals surface area contributed by atoms with Gasteiger partial charge in [-0.3, -0.25) is 0 Å². The standard InChI is InChI=1S/C7H13N2/c1-5-7-4-8-2-6(7)3-9-5/h6-9H,2-4H2,1H3. The monoisotopic (exact) mass is 125 g/mol. The molecule has 0 aromatic rings. The quantitative estimate of drug-likeness (QED) is 0.475. The molecule has 2 fully saturated rings. The first-order valence-electron chi connectivity index (χ1n) is 3.66. The summed E-state index contributed by atoms with van der Waals surface area (Å²) in [5, 5.41) is 6.79. The van der Waals surface area contributed by atoms with E-state index in [1.54, 1.807) is 0 Å². The Balaban J connectivity index is 2.07. The fraction of sp³-hybridized carbons (Fsp3) is 0.857. The minimum atomic E-state index is 0.838. The lowest BCUT2D eigenvalue weighted by Crippen LogP contribution is -2.21.